The van der Waals surface area contributed by atoms with Gasteiger partial charge in [0.1, 0.15) is 5.82 Å². The minimum Gasteiger partial charge on any atom is -0.493 e. The number of anilines is 1. The highest BCUT2D eigenvalue weighted by Gasteiger charge is 2.31. The summed E-state index contributed by atoms with van der Waals surface area (Å²) < 4.78 is 10.6. The van der Waals surface area contributed by atoms with Crippen LogP contribution in [0.3, 0.4) is 0 Å². The lowest BCUT2D eigenvalue weighted by atomic mass is 9.96. The van der Waals surface area contributed by atoms with E-state index in [-0.39, 0.29) is 23.8 Å². The Bertz CT molecular complexity index is 938. The summed E-state index contributed by atoms with van der Waals surface area (Å²) in [5, 5.41) is 6.32. The Morgan fingerprint density at radius 1 is 1.22 bits per heavy atom. The molecule has 2 heterocycles. The Balaban J connectivity index is 1.53. The van der Waals surface area contributed by atoms with Crippen LogP contribution in [-0.4, -0.2) is 55.0 Å². The van der Waals surface area contributed by atoms with Gasteiger partial charge in [-0.15, -0.1) is 0 Å². The van der Waals surface area contributed by atoms with Crippen LogP contribution in [0, 0.1) is 5.92 Å². The Hall–Kier alpha value is -2.84. The number of ether oxygens (including phenoxy) is 2. The molecule has 0 saturated carbocycles. The van der Waals surface area contributed by atoms with Crippen LogP contribution in [0.15, 0.2) is 36.5 Å². The highest BCUT2D eigenvalue weighted by atomic mass is 35.5. The minimum atomic E-state index is -0.348. The molecule has 1 aromatic carbocycles. The second-order valence-corrected chi connectivity index (χ2v) is 8.20. The van der Waals surface area contributed by atoms with Crippen LogP contribution in [0.5, 0.6) is 11.5 Å². The van der Waals surface area contributed by atoms with Gasteiger partial charge in [0.15, 0.2) is 11.5 Å². The number of methoxy groups -OCH3 is 2. The van der Waals surface area contributed by atoms with E-state index in [0.717, 1.165) is 24.9 Å². The minimum absolute atomic E-state index is 0.0831. The number of aromatic nitrogens is 1. The molecule has 1 saturated heterocycles. The first-order chi connectivity index (χ1) is 15.4. The van der Waals surface area contributed by atoms with Crippen LogP contribution in [-0.2, 0) is 16.1 Å². The number of nitrogens with zero attached hydrogens (tertiary/aromatic N) is 2. The van der Waals surface area contributed by atoms with E-state index in [1.807, 2.05) is 30.0 Å². The maximum Gasteiger partial charge on any atom is 0.237 e. The SMILES string of the molecule is COc1ccc(CNC(=O)C(C)N2CCCC(C(=O)Nc3ccc(Cl)cn3)C2)cc1OC. The number of piperidine rings is 1. The fraction of sp³-hybridized carbons (Fsp3) is 0.435. The summed E-state index contributed by atoms with van der Waals surface area (Å²) in [4.78, 5) is 31.6. The van der Waals surface area contributed by atoms with E-state index >= 15 is 0 Å². The number of benzene rings is 1. The van der Waals surface area contributed by atoms with E-state index in [2.05, 4.69) is 15.6 Å². The quantitative estimate of drug-likeness (QED) is 0.628. The Labute approximate surface area is 193 Å². The second-order valence-electron chi connectivity index (χ2n) is 7.77. The Morgan fingerprint density at radius 2 is 2.00 bits per heavy atom. The topological polar surface area (TPSA) is 92.8 Å². The number of rotatable bonds is 8. The molecule has 2 N–H and O–H groups in total. The molecule has 9 heteroatoms. The molecule has 32 heavy (non-hydrogen) atoms. The van der Waals surface area contributed by atoms with Gasteiger partial charge in [-0.3, -0.25) is 14.5 Å². The number of likely N-dealkylation sites (tertiary alicyclic amines) is 1. The number of nitrogens with one attached hydrogen (secondary N) is 2. The van der Waals surface area contributed by atoms with Crippen LogP contribution in [0.25, 0.3) is 0 Å². The molecule has 0 radical (unpaired) electrons. The van der Waals surface area contributed by atoms with Crippen molar-refractivity contribution in [2.75, 3.05) is 32.6 Å². The first-order valence-corrected chi connectivity index (χ1v) is 10.9. The van der Waals surface area contributed by atoms with Gasteiger partial charge in [-0.2, -0.15) is 0 Å². The lowest BCUT2D eigenvalue weighted by Crippen LogP contribution is -2.50. The van der Waals surface area contributed by atoms with Crippen molar-refractivity contribution in [1.82, 2.24) is 15.2 Å². The first kappa shape index (κ1) is 23.8. The van der Waals surface area contributed by atoms with Gasteiger partial charge in [0.2, 0.25) is 11.8 Å². The van der Waals surface area contributed by atoms with Crippen LogP contribution in [0.2, 0.25) is 5.02 Å². The Morgan fingerprint density at radius 3 is 2.69 bits per heavy atom. The molecular weight excluding hydrogens is 432 g/mol. The summed E-state index contributed by atoms with van der Waals surface area (Å²) in [7, 11) is 3.16. The third kappa shape index (κ3) is 6.11. The summed E-state index contributed by atoms with van der Waals surface area (Å²) in [6.07, 6.45) is 3.12. The fourth-order valence-corrected chi connectivity index (χ4v) is 3.86. The van der Waals surface area contributed by atoms with Crippen molar-refractivity contribution >= 4 is 29.2 Å². The number of carbonyl (C=O) groups excluding carboxylic acids is 2. The Kier molecular flexibility index (Phi) is 8.30. The zero-order valence-corrected chi connectivity index (χ0v) is 19.3. The van der Waals surface area contributed by atoms with Crippen LogP contribution in [0.4, 0.5) is 5.82 Å². The first-order valence-electron chi connectivity index (χ1n) is 10.6. The molecule has 0 aliphatic carbocycles. The van der Waals surface area contributed by atoms with Gasteiger partial charge in [-0.1, -0.05) is 17.7 Å². The number of carbonyl (C=O) groups is 2. The van der Waals surface area contributed by atoms with Gasteiger partial charge >= 0.3 is 0 Å². The molecule has 172 valence electrons. The zero-order chi connectivity index (χ0) is 23.1. The fourth-order valence-electron chi connectivity index (χ4n) is 3.74. The molecule has 0 bridgehead atoms. The molecule has 2 amide bonds. The molecule has 8 nitrogen and oxygen atoms in total. The molecule has 1 fully saturated rings. The molecule has 2 unspecified atom stereocenters. The molecule has 2 atom stereocenters. The largest absolute Gasteiger partial charge is 0.493 e. The molecule has 1 aliphatic rings. The maximum absolute atomic E-state index is 12.8. The molecule has 1 aromatic heterocycles. The summed E-state index contributed by atoms with van der Waals surface area (Å²) in [6, 6.07) is 8.55. The molecule has 2 aromatic rings. The molecule has 0 spiro atoms. The van der Waals surface area contributed by atoms with Crippen LogP contribution >= 0.6 is 11.6 Å². The predicted octanol–water partition coefficient (Wildman–Crippen LogP) is 3.11. The summed E-state index contributed by atoms with van der Waals surface area (Å²) >= 11 is 5.84. The number of amides is 2. The second kappa shape index (κ2) is 11.2. The van der Waals surface area contributed by atoms with Gasteiger partial charge in [0, 0.05) is 19.3 Å². The monoisotopic (exact) mass is 460 g/mol. The van der Waals surface area contributed by atoms with E-state index in [0.29, 0.717) is 35.4 Å². The van der Waals surface area contributed by atoms with Crippen molar-refractivity contribution in [3.8, 4) is 11.5 Å². The molecular formula is C23H29ClN4O4. The van der Waals surface area contributed by atoms with E-state index < -0.39 is 0 Å². The molecule has 1 aliphatic heterocycles. The van der Waals surface area contributed by atoms with E-state index in [9.17, 15) is 9.59 Å². The highest BCUT2D eigenvalue weighted by molar-refractivity contribution is 6.30. The van der Waals surface area contributed by atoms with E-state index in [1.165, 1.54) is 6.20 Å². The van der Waals surface area contributed by atoms with Gasteiger partial charge in [0.25, 0.3) is 0 Å². The zero-order valence-electron chi connectivity index (χ0n) is 18.6. The van der Waals surface area contributed by atoms with E-state index in [4.69, 9.17) is 21.1 Å². The lowest BCUT2D eigenvalue weighted by molar-refractivity contribution is -0.129. The van der Waals surface area contributed by atoms with Crippen molar-refractivity contribution < 1.29 is 19.1 Å². The maximum atomic E-state index is 12.8. The van der Waals surface area contributed by atoms with Gasteiger partial charge in [0.05, 0.1) is 31.2 Å². The van der Waals surface area contributed by atoms with Crippen LogP contribution in [0.1, 0.15) is 25.3 Å². The number of halogens is 1. The number of hydrogen-bond donors (Lipinski definition) is 2. The molecule has 3 rings (SSSR count). The summed E-state index contributed by atoms with van der Waals surface area (Å²) in [5.74, 6) is 1.34. The lowest BCUT2D eigenvalue weighted by Gasteiger charge is -2.35. The van der Waals surface area contributed by atoms with Gasteiger partial charge < -0.3 is 20.1 Å². The van der Waals surface area contributed by atoms with Crippen molar-refractivity contribution in [3.05, 3.63) is 47.1 Å². The third-order valence-corrected chi connectivity index (χ3v) is 5.87. The smallest absolute Gasteiger partial charge is 0.237 e. The predicted molar refractivity (Wildman–Crippen MR) is 123 cm³/mol. The summed E-state index contributed by atoms with van der Waals surface area (Å²) in [6.45, 7) is 3.53. The normalized spacial score (nSPS) is 17.3. The highest BCUT2D eigenvalue weighted by Crippen LogP contribution is 2.27. The van der Waals surface area contributed by atoms with E-state index in [1.54, 1.807) is 26.4 Å². The van der Waals surface area contributed by atoms with Crippen molar-refractivity contribution in [2.45, 2.75) is 32.4 Å². The average molecular weight is 461 g/mol. The van der Waals surface area contributed by atoms with Gasteiger partial charge in [-0.05, 0) is 56.1 Å². The van der Waals surface area contributed by atoms with Crippen molar-refractivity contribution in [3.63, 3.8) is 0 Å². The average Bonchev–Trinajstić information content (AvgIpc) is 2.83. The third-order valence-electron chi connectivity index (χ3n) is 5.64. The van der Waals surface area contributed by atoms with Crippen molar-refractivity contribution in [1.29, 1.82) is 0 Å². The number of pyridine rings is 1. The standard InChI is InChI=1S/C23H29ClN4O4/c1-15(22(29)26-12-16-6-8-19(31-2)20(11-16)32-3)28-10-4-5-17(14-28)23(30)27-21-9-7-18(24)13-25-21/h6-9,11,13,15,17H,4-5,10,12,14H2,1-3H3,(H,26,29)(H,25,27,30). The number of hydrogen-bond acceptors (Lipinski definition) is 6. The van der Waals surface area contributed by atoms with Crippen molar-refractivity contribution in [2.24, 2.45) is 5.92 Å². The van der Waals surface area contributed by atoms with Crippen LogP contribution < -0.4 is 20.1 Å². The van der Waals surface area contributed by atoms with Gasteiger partial charge in [-0.25, -0.2) is 4.98 Å². The summed E-state index contributed by atoms with van der Waals surface area (Å²) in [5.41, 5.74) is 0.912.